The lowest BCUT2D eigenvalue weighted by atomic mass is 10.0. The number of fused-ring (bicyclic) bond motifs is 4. The van der Waals surface area contributed by atoms with E-state index in [-0.39, 0.29) is 0 Å². The Bertz CT molecular complexity index is 892. The van der Waals surface area contributed by atoms with Crippen molar-refractivity contribution in [2.24, 2.45) is 11.8 Å². The maximum atomic E-state index is 4.57. The molecule has 6 nitrogen and oxygen atoms in total. The first kappa shape index (κ1) is 13.7. The standard InChI is InChI=1S/C16H17BrN6/c1-21-5-10-7-22(8-11(10)6-21)15-3-13-14(2-12(17)4-18-13)23-9-19-20-16(15)23/h2-4,9-11H,5-8H2,1H3. The summed E-state index contributed by atoms with van der Waals surface area (Å²) in [7, 11) is 2.22. The second-order valence-corrected chi connectivity index (χ2v) is 7.67. The number of halogens is 1. The van der Waals surface area contributed by atoms with Crippen LogP contribution < -0.4 is 4.90 Å². The van der Waals surface area contributed by atoms with Crippen molar-refractivity contribution in [1.29, 1.82) is 0 Å². The number of likely N-dealkylation sites (tertiary alicyclic amines) is 1. The lowest BCUT2D eigenvalue weighted by Crippen LogP contribution is -2.27. The van der Waals surface area contributed by atoms with Crippen LogP contribution in [0.15, 0.2) is 29.1 Å². The molecular weight excluding hydrogens is 356 g/mol. The zero-order valence-electron chi connectivity index (χ0n) is 12.9. The highest BCUT2D eigenvalue weighted by Crippen LogP contribution is 2.36. The van der Waals surface area contributed by atoms with Gasteiger partial charge in [-0.3, -0.25) is 9.38 Å². The third-order valence-electron chi connectivity index (χ3n) is 5.18. The fourth-order valence-corrected chi connectivity index (χ4v) is 4.50. The van der Waals surface area contributed by atoms with Crippen LogP contribution in [-0.2, 0) is 0 Å². The first-order valence-electron chi connectivity index (χ1n) is 7.90. The Morgan fingerprint density at radius 1 is 1.13 bits per heavy atom. The van der Waals surface area contributed by atoms with Crippen molar-refractivity contribution in [3.8, 4) is 0 Å². The average Bonchev–Trinajstić information content (AvgIpc) is 3.20. The van der Waals surface area contributed by atoms with Crippen LogP contribution in [0.1, 0.15) is 0 Å². The summed E-state index contributed by atoms with van der Waals surface area (Å²) >= 11 is 3.50. The SMILES string of the molecule is CN1CC2CN(c3cc4ncc(Br)cc4n4cnnc34)CC2C1. The van der Waals surface area contributed by atoms with Gasteiger partial charge in [0, 0.05) is 36.8 Å². The molecule has 0 N–H and O–H groups in total. The van der Waals surface area contributed by atoms with Crippen LogP contribution in [0, 0.1) is 11.8 Å². The predicted octanol–water partition coefficient (Wildman–Crippen LogP) is 2.04. The molecule has 0 aromatic carbocycles. The lowest BCUT2D eigenvalue weighted by Gasteiger charge is -2.22. The third-order valence-corrected chi connectivity index (χ3v) is 5.62. The molecule has 3 aromatic heterocycles. The van der Waals surface area contributed by atoms with Crippen LogP contribution in [0.2, 0.25) is 0 Å². The highest BCUT2D eigenvalue weighted by atomic mass is 79.9. The van der Waals surface area contributed by atoms with E-state index in [4.69, 9.17) is 0 Å². The van der Waals surface area contributed by atoms with Gasteiger partial charge in [-0.25, -0.2) is 0 Å². The highest BCUT2D eigenvalue weighted by molar-refractivity contribution is 9.10. The molecule has 2 aliphatic rings. The van der Waals surface area contributed by atoms with Crippen molar-refractivity contribution >= 4 is 38.3 Å². The summed E-state index contributed by atoms with van der Waals surface area (Å²) < 4.78 is 3.01. The molecular formula is C16H17BrN6. The van der Waals surface area contributed by atoms with Crippen molar-refractivity contribution in [3.05, 3.63) is 29.1 Å². The smallest absolute Gasteiger partial charge is 0.184 e. The fraction of sp³-hybridized carbons (Fsp3) is 0.438. The minimum Gasteiger partial charge on any atom is -0.368 e. The summed E-state index contributed by atoms with van der Waals surface area (Å²) in [6.45, 7) is 4.59. The summed E-state index contributed by atoms with van der Waals surface area (Å²) in [5.74, 6) is 1.52. The molecule has 2 saturated heterocycles. The van der Waals surface area contributed by atoms with Gasteiger partial charge < -0.3 is 9.80 Å². The molecule has 23 heavy (non-hydrogen) atoms. The molecule has 7 heteroatoms. The molecule has 2 fully saturated rings. The molecule has 0 bridgehead atoms. The summed E-state index contributed by atoms with van der Waals surface area (Å²) in [4.78, 5) is 9.48. The maximum Gasteiger partial charge on any atom is 0.184 e. The van der Waals surface area contributed by atoms with Crippen LogP contribution >= 0.6 is 15.9 Å². The Morgan fingerprint density at radius 3 is 2.70 bits per heavy atom. The second kappa shape index (κ2) is 4.88. The van der Waals surface area contributed by atoms with Crippen molar-refractivity contribution in [2.45, 2.75) is 0 Å². The molecule has 3 aromatic rings. The van der Waals surface area contributed by atoms with E-state index in [9.17, 15) is 0 Å². The summed E-state index contributed by atoms with van der Waals surface area (Å²) in [5.41, 5.74) is 4.08. The molecule has 2 atom stereocenters. The van der Waals surface area contributed by atoms with Gasteiger partial charge in [-0.05, 0) is 46.9 Å². The minimum atomic E-state index is 0.761. The molecule has 0 spiro atoms. The Hall–Kier alpha value is -1.73. The third kappa shape index (κ3) is 2.06. The van der Waals surface area contributed by atoms with E-state index in [1.807, 2.05) is 10.6 Å². The Kier molecular flexibility index (Phi) is 2.90. The van der Waals surface area contributed by atoms with Crippen LogP contribution in [0.3, 0.4) is 0 Å². The van der Waals surface area contributed by atoms with Crippen LogP contribution in [0.4, 0.5) is 5.69 Å². The van der Waals surface area contributed by atoms with Gasteiger partial charge in [0.15, 0.2) is 5.65 Å². The molecule has 5 heterocycles. The summed E-state index contributed by atoms with van der Waals surface area (Å²) in [6, 6.07) is 4.23. The molecule has 2 unspecified atom stereocenters. The first-order valence-corrected chi connectivity index (χ1v) is 8.70. The lowest BCUT2D eigenvalue weighted by molar-refractivity contribution is 0.387. The van der Waals surface area contributed by atoms with Gasteiger partial charge in [0.2, 0.25) is 0 Å². The number of hydrogen-bond acceptors (Lipinski definition) is 5. The molecule has 2 aliphatic heterocycles. The van der Waals surface area contributed by atoms with Gasteiger partial charge >= 0.3 is 0 Å². The molecule has 0 aliphatic carbocycles. The van der Waals surface area contributed by atoms with E-state index < -0.39 is 0 Å². The topological polar surface area (TPSA) is 49.6 Å². The van der Waals surface area contributed by atoms with Gasteiger partial charge in [-0.1, -0.05) is 0 Å². The van der Waals surface area contributed by atoms with E-state index in [1.165, 1.54) is 13.1 Å². The Labute approximate surface area is 142 Å². The van der Waals surface area contributed by atoms with Gasteiger partial charge in [0.05, 0.1) is 16.7 Å². The van der Waals surface area contributed by atoms with E-state index >= 15 is 0 Å². The zero-order chi connectivity index (χ0) is 15.6. The van der Waals surface area contributed by atoms with E-state index in [2.05, 4.69) is 60.1 Å². The highest BCUT2D eigenvalue weighted by Gasteiger charge is 2.39. The number of rotatable bonds is 1. The largest absolute Gasteiger partial charge is 0.368 e. The van der Waals surface area contributed by atoms with Gasteiger partial charge in [0.25, 0.3) is 0 Å². The quantitative estimate of drug-likeness (QED) is 0.654. The normalized spacial score (nSPS) is 24.9. The second-order valence-electron chi connectivity index (χ2n) is 6.76. The summed E-state index contributed by atoms with van der Waals surface area (Å²) in [5, 5.41) is 8.50. The number of anilines is 1. The number of aromatic nitrogens is 4. The van der Waals surface area contributed by atoms with Crippen LogP contribution in [-0.4, -0.2) is 57.7 Å². The van der Waals surface area contributed by atoms with Gasteiger partial charge in [0.1, 0.15) is 6.33 Å². The average molecular weight is 373 g/mol. The van der Waals surface area contributed by atoms with Gasteiger partial charge in [-0.2, -0.15) is 0 Å². The predicted molar refractivity (Wildman–Crippen MR) is 92.7 cm³/mol. The number of nitrogens with zero attached hydrogens (tertiary/aromatic N) is 6. The monoisotopic (exact) mass is 372 g/mol. The number of pyridine rings is 2. The molecule has 0 saturated carbocycles. The van der Waals surface area contributed by atoms with Crippen molar-refractivity contribution < 1.29 is 0 Å². The van der Waals surface area contributed by atoms with E-state index in [1.54, 1.807) is 6.33 Å². The zero-order valence-corrected chi connectivity index (χ0v) is 14.4. The van der Waals surface area contributed by atoms with Crippen molar-refractivity contribution in [2.75, 3.05) is 38.1 Å². The summed E-state index contributed by atoms with van der Waals surface area (Å²) in [6.07, 6.45) is 3.62. The van der Waals surface area contributed by atoms with E-state index in [0.717, 1.165) is 51.8 Å². The maximum absolute atomic E-state index is 4.57. The Balaban J connectivity index is 1.64. The Morgan fingerprint density at radius 2 is 1.91 bits per heavy atom. The van der Waals surface area contributed by atoms with Crippen LogP contribution in [0.5, 0.6) is 0 Å². The molecule has 118 valence electrons. The molecule has 0 amide bonds. The van der Waals surface area contributed by atoms with Crippen molar-refractivity contribution in [1.82, 2.24) is 24.5 Å². The first-order chi connectivity index (χ1) is 11.2. The number of hydrogen-bond donors (Lipinski definition) is 0. The van der Waals surface area contributed by atoms with Crippen LogP contribution in [0.25, 0.3) is 16.7 Å². The molecule has 5 rings (SSSR count). The van der Waals surface area contributed by atoms with E-state index in [0.29, 0.717) is 0 Å². The fourth-order valence-electron chi connectivity index (χ4n) is 4.18. The van der Waals surface area contributed by atoms with Gasteiger partial charge in [-0.15, -0.1) is 10.2 Å². The van der Waals surface area contributed by atoms with Crippen molar-refractivity contribution in [3.63, 3.8) is 0 Å². The minimum absolute atomic E-state index is 0.761. The molecule has 0 radical (unpaired) electrons.